The molecule has 0 saturated heterocycles. The highest BCUT2D eigenvalue weighted by Gasteiger charge is 2.69. The fourth-order valence-corrected chi connectivity index (χ4v) is 0.530. The van der Waals surface area contributed by atoms with Crippen LogP contribution in [-0.4, -0.2) is 30.1 Å². The molecule has 90 valence electrons. The molecule has 10 heteroatoms. The Balaban J connectivity index is 4.87. The van der Waals surface area contributed by atoms with Crippen molar-refractivity contribution < 1.29 is 40.3 Å². The van der Waals surface area contributed by atoms with Crippen LogP contribution < -0.4 is 0 Å². The molecule has 0 bridgehead atoms. The Morgan fingerprint density at radius 3 is 1.73 bits per heavy atom. The van der Waals surface area contributed by atoms with Gasteiger partial charge in [0.1, 0.15) is 0 Å². The number of rotatable bonds is 4. The van der Waals surface area contributed by atoms with E-state index in [4.69, 9.17) is 0 Å². The number of halogens is 8. The molecule has 0 aliphatic rings. The number of alkyl halides is 7. The van der Waals surface area contributed by atoms with Crippen LogP contribution in [0.5, 0.6) is 0 Å². The van der Waals surface area contributed by atoms with E-state index in [-0.39, 0.29) is 0 Å². The highest BCUT2D eigenvalue weighted by atomic mass is 35.5. The second-order valence-corrected chi connectivity index (χ2v) is 2.53. The van der Waals surface area contributed by atoms with Crippen LogP contribution in [0.2, 0.25) is 0 Å². The first-order valence-electron chi connectivity index (χ1n) is 3.07. The van der Waals surface area contributed by atoms with E-state index in [9.17, 15) is 35.5 Å². The van der Waals surface area contributed by atoms with Crippen molar-refractivity contribution in [2.24, 2.45) is 0 Å². The molecule has 0 aliphatic carbocycles. The molecular weight excluding hydrogens is 260 g/mol. The van der Waals surface area contributed by atoms with E-state index in [2.05, 4.69) is 16.3 Å². The lowest BCUT2D eigenvalue weighted by atomic mass is 10.2. The molecule has 15 heavy (non-hydrogen) atoms. The zero-order valence-electron chi connectivity index (χ0n) is 6.49. The maximum Gasteiger partial charge on any atom is 0.406 e. The molecule has 0 heterocycles. The van der Waals surface area contributed by atoms with Gasteiger partial charge in [-0.1, -0.05) is 0 Å². The average molecular weight is 263 g/mol. The molecule has 0 saturated carbocycles. The van der Waals surface area contributed by atoms with Crippen molar-refractivity contribution in [3.63, 3.8) is 0 Å². The summed E-state index contributed by atoms with van der Waals surface area (Å²) in [4.78, 5) is 9.74. The monoisotopic (exact) mass is 262 g/mol. The van der Waals surface area contributed by atoms with Gasteiger partial charge in [0.15, 0.2) is 0 Å². The van der Waals surface area contributed by atoms with Gasteiger partial charge in [-0.15, -0.1) is 0 Å². The topological polar surface area (TPSA) is 26.3 Å². The number of carbonyl (C=O) groups excluding carboxylic acids is 1. The van der Waals surface area contributed by atoms with Crippen LogP contribution in [0, 0.1) is 0 Å². The lowest BCUT2D eigenvalue weighted by Gasteiger charge is -2.27. The van der Waals surface area contributed by atoms with Crippen molar-refractivity contribution >= 4 is 17.0 Å². The summed E-state index contributed by atoms with van der Waals surface area (Å²) in [5.41, 5.74) is -2.16. The zero-order valence-corrected chi connectivity index (χ0v) is 7.25. The van der Waals surface area contributed by atoms with E-state index in [0.29, 0.717) is 0 Å². The van der Waals surface area contributed by atoms with Gasteiger partial charge in [0, 0.05) is 11.6 Å². The van der Waals surface area contributed by atoms with Crippen molar-refractivity contribution in [3.05, 3.63) is 0 Å². The minimum Gasteiger partial charge on any atom is -0.412 e. The smallest absolute Gasteiger partial charge is 0.406 e. The third-order valence-electron chi connectivity index (χ3n) is 1.20. The zero-order chi connectivity index (χ0) is 12.4. The summed E-state index contributed by atoms with van der Waals surface area (Å²) in [6.07, 6.45) is -9.08. The molecule has 0 aromatic carbocycles. The number of hydrogen-bond acceptors (Lipinski definition) is 2. The lowest BCUT2D eigenvalue weighted by Crippen LogP contribution is -2.53. The summed E-state index contributed by atoms with van der Waals surface area (Å²) in [6.45, 7) is 0. The number of hydrogen-bond donors (Lipinski definition) is 0. The van der Waals surface area contributed by atoms with Crippen molar-refractivity contribution in [1.29, 1.82) is 0 Å². The van der Waals surface area contributed by atoms with E-state index >= 15 is 0 Å². The van der Waals surface area contributed by atoms with Gasteiger partial charge in [0.25, 0.3) is 0 Å². The van der Waals surface area contributed by atoms with Crippen LogP contribution in [0.1, 0.15) is 0 Å². The maximum absolute atomic E-state index is 12.3. The van der Waals surface area contributed by atoms with Crippen LogP contribution >= 0.6 is 11.6 Å². The Labute approximate surface area is 82.9 Å². The van der Waals surface area contributed by atoms with Gasteiger partial charge < -0.3 is 4.74 Å². The molecular formula is C5H2ClF7O2. The first-order chi connectivity index (χ1) is 6.53. The minimum atomic E-state index is -5.97. The van der Waals surface area contributed by atoms with Crippen molar-refractivity contribution in [2.75, 3.05) is 0 Å². The van der Waals surface area contributed by atoms with Crippen LogP contribution in [0.15, 0.2) is 0 Å². The highest BCUT2D eigenvalue weighted by molar-refractivity contribution is 6.61. The van der Waals surface area contributed by atoms with E-state index in [1.165, 1.54) is 0 Å². The minimum absolute atomic E-state index is 2.16. The Morgan fingerprint density at radius 2 is 1.47 bits per heavy atom. The molecule has 0 spiro atoms. The molecule has 0 amide bonds. The summed E-state index contributed by atoms with van der Waals surface area (Å²) < 4.78 is 86.5. The van der Waals surface area contributed by atoms with Crippen molar-refractivity contribution in [3.8, 4) is 0 Å². The third kappa shape index (κ3) is 2.86. The molecule has 0 radical (unpaired) electrons. The van der Waals surface area contributed by atoms with Crippen LogP contribution in [0.25, 0.3) is 0 Å². The predicted molar refractivity (Wildman–Crippen MR) is 33.1 cm³/mol. The van der Waals surface area contributed by atoms with Gasteiger partial charge in [-0.2, -0.15) is 22.0 Å². The second-order valence-electron chi connectivity index (χ2n) is 2.22. The normalized spacial score (nSPS) is 15.3. The molecule has 0 N–H and O–H groups in total. The van der Waals surface area contributed by atoms with Gasteiger partial charge in [-0.25, -0.2) is 13.6 Å². The summed E-state index contributed by atoms with van der Waals surface area (Å²) in [5, 5.41) is 0. The van der Waals surface area contributed by atoms with Crippen LogP contribution in [0.4, 0.5) is 35.5 Å². The van der Waals surface area contributed by atoms with Gasteiger partial charge in [0.05, 0.1) is 0 Å². The first-order valence-corrected chi connectivity index (χ1v) is 3.45. The van der Waals surface area contributed by atoms with E-state index in [0.717, 1.165) is 0 Å². The van der Waals surface area contributed by atoms with Gasteiger partial charge in [-0.3, -0.25) is 0 Å². The molecule has 0 rings (SSSR count). The molecule has 0 fully saturated rings. The van der Waals surface area contributed by atoms with Crippen LogP contribution in [-0.2, 0) is 4.74 Å². The van der Waals surface area contributed by atoms with Crippen LogP contribution in [0.3, 0.4) is 0 Å². The second kappa shape index (κ2) is 4.42. The highest BCUT2D eigenvalue weighted by Crippen LogP contribution is 2.42. The molecule has 2 nitrogen and oxygen atoms in total. The number of ether oxygens (including phenoxy) is 1. The van der Waals surface area contributed by atoms with E-state index < -0.39 is 30.1 Å². The van der Waals surface area contributed by atoms with Gasteiger partial charge in [-0.05, 0) is 0 Å². The van der Waals surface area contributed by atoms with E-state index in [1.54, 1.807) is 0 Å². The summed E-state index contributed by atoms with van der Waals surface area (Å²) >= 11 is 4.24. The third-order valence-corrected chi connectivity index (χ3v) is 1.29. The Kier molecular flexibility index (Phi) is 4.20. The Morgan fingerprint density at radius 1 is 1.07 bits per heavy atom. The molecule has 1 unspecified atom stereocenters. The lowest BCUT2D eigenvalue weighted by molar-refractivity contribution is -0.314. The average Bonchev–Trinajstić information content (AvgIpc) is 2.01. The molecule has 0 aliphatic heterocycles. The molecule has 1 atom stereocenters. The summed E-state index contributed by atoms with van der Waals surface area (Å²) in [5.74, 6) is -11.8. The summed E-state index contributed by atoms with van der Waals surface area (Å²) in [6, 6.07) is 0. The standard InChI is InChI=1S/C5H2ClF7O2/c6-3(14)15-2(9)5(12,13)4(10,11)1(7)8/h1-2H. The summed E-state index contributed by atoms with van der Waals surface area (Å²) in [7, 11) is 0. The molecule has 0 aromatic heterocycles. The number of carbonyl (C=O) groups is 1. The van der Waals surface area contributed by atoms with Gasteiger partial charge >= 0.3 is 30.1 Å². The Hall–Kier alpha value is -0.730. The van der Waals surface area contributed by atoms with Gasteiger partial charge in [0.2, 0.25) is 0 Å². The maximum atomic E-state index is 12.3. The fourth-order valence-electron chi connectivity index (χ4n) is 0.452. The predicted octanol–water partition coefficient (Wildman–Crippen LogP) is 3.19. The quantitative estimate of drug-likeness (QED) is 0.574. The van der Waals surface area contributed by atoms with E-state index in [1.807, 2.05) is 0 Å². The molecule has 0 aromatic rings. The van der Waals surface area contributed by atoms with Crippen molar-refractivity contribution in [1.82, 2.24) is 0 Å². The van der Waals surface area contributed by atoms with Crippen molar-refractivity contribution in [2.45, 2.75) is 24.6 Å². The first kappa shape index (κ1) is 14.3. The fraction of sp³-hybridized carbons (Fsp3) is 0.800. The SMILES string of the molecule is O=C(Cl)OC(F)C(F)(F)C(F)(F)C(F)F. The Bertz CT molecular complexity index is 244. The largest absolute Gasteiger partial charge is 0.412 e.